The maximum Gasteiger partial charge on any atom is 0.127 e. The van der Waals surface area contributed by atoms with Gasteiger partial charge in [-0.05, 0) is 43.5 Å². The summed E-state index contributed by atoms with van der Waals surface area (Å²) in [7, 11) is 0. The van der Waals surface area contributed by atoms with Crippen molar-refractivity contribution in [2.45, 2.75) is 32.4 Å². The van der Waals surface area contributed by atoms with E-state index in [9.17, 15) is 0 Å². The van der Waals surface area contributed by atoms with Gasteiger partial charge in [0.2, 0.25) is 0 Å². The van der Waals surface area contributed by atoms with Crippen molar-refractivity contribution in [2.75, 3.05) is 19.7 Å². The van der Waals surface area contributed by atoms with Gasteiger partial charge in [-0.15, -0.1) is 12.4 Å². The van der Waals surface area contributed by atoms with E-state index >= 15 is 0 Å². The molecule has 0 aliphatic carbocycles. The Bertz CT molecular complexity index is 481. The molecule has 112 valence electrons. The van der Waals surface area contributed by atoms with Gasteiger partial charge >= 0.3 is 0 Å². The van der Waals surface area contributed by atoms with Crippen LogP contribution in [-0.4, -0.2) is 30.6 Å². The van der Waals surface area contributed by atoms with Gasteiger partial charge in [-0.1, -0.05) is 11.6 Å². The molecule has 5 heteroatoms. The predicted molar refractivity (Wildman–Crippen MR) is 84.9 cm³/mol. The Labute approximate surface area is 131 Å². The summed E-state index contributed by atoms with van der Waals surface area (Å²) in [6.45, 7) is 5.84. The fraction of sp³-hybridized carbons (Fsp3) is 0.600. The molecule has 1 aromatic carbocycles. The number of nitrogens with two attached hydrogens (primary N) is 1. The summed E-state index contributed by atoms with van der Waals surface area (Å²) < 4.78 is 5.77. The highest BCUT2D eigenvalue weighted by molar-refractivity contribution is 6.30. The smallest absolute Gasteiger partial charge is 0.127 e. The van der Waals surface area contributed by atoms with Crippen LogP contribution in [0.2, 0.25) is 5.02 Å². The first-order valence-electron chi connectivity index (χ1n) is 7.05. The van der Waals surface area contributed by atoms with Crippen molar-refractivity contribution in [1.29, 1.82) is 0 Å². The van der Waals surface area contributed by atoms with Gasteiger partial charge in [-0.2, -0.15) is 0 Å². The molecule has 3 rings (SSSR count). The zero-order chi connectivity index (χ0) is 13.4. The number of ether oxygens (including phenoxy) is 1. The summed E-state index contributed by atoms with van der Waals surface area (Å²) in [5.74, 6) is 1.69. The highest BCUT2D eigenvalue weighted by atomic mass is 35.5. The standard InChI is InChI=1S/C15H21ClN2O.ClH/c1-10-4-11(7-17)8-18(10)9-13-6-14(16)5-12-2-3-19-15(12)13;/h5-6,10-11H,2-4,7-9,17H2,1H3;1H. The van der Waals surface area contributed by atoms with E-state index in [0.29, 0.717) is 12.0 Å². The zero-order valence-electron chi connectivity index (χ0n) is 11.8. The van der Waals surface area contributed by atoms with Gasteiger partial charge < -0.3 is 10.5 Å². The third-order valence-corrected chi connectivity index (χ3v) is 4.54. The average Bonchev–Trinajstić information content (AvgIpc) is 2.96. The minimum Gasteiger partial charge on any atom is -0.493 e. The molecule has 2 heterocycles. The molecule has 0 amide bonds. The quantitative estimate of drug-likeness (QED) is 0.932. The highest BCUT2D eigenvalue weighted by Crippen LogP contribution is 2.35. The van der Waals surface area contributed by atoms with Crippen LogP contribution in [0.4, 0.5) is 0 Å². The molecular formula is C15H22Cl2N2O. The molecule has 0 spiro atoms. The first-order chi connectivity index (χ1) is 9.17. The number of rotatable bonds is 3. The molecule has 1 fully saturated rings. The second-order valence-electron chi connectivity index (χ2n) is 5.77. The summed E-state index contributed by atoms with van der Waals surface area (Å²) in [5.41, 5.74) is 8.27. The van der Waals surface area contributed by atoms with Crippen molar-refractivity contribution < 1.29 is 4.74 Å². The van der Waals surface area contributed by atoms with Crippen molar-refractivity contribution in [2.24, 2.45) is 11.7 Å². The third-order valence-electron chi connectivity index (χ3n) is 4.32. The predicted octanol–water partition coefficient (Wildman–Crippen LogP) is 2.87. The van der Waals surface area contributed by atoms with Crippen LogP contribution in [0.3, 0.4) is 0 Å². The monoisotopic (exact) mass is 316 g/mol. The van der Waals surface area contributed by atoms with Gasteiger partial charge in [-0.25, -0.2) is 0 Å². The van der Waals surface area contributed by atoms with E-state index in [1.807, 2.05) is 12.1 Å². The Morgan fingerprint density at radius 3 is 2.95 bits per heavy atom. The molecule has 0 bridgehead atoms. The lowest BCUT2D eigenvalue weighted by Crippen LogP contribution is -2.27. The second-order valence-corrected chi connectivity index (χ2v) is 6.20. The van der Waals surface area contributed by atoms with Crippen LogP contribution in [0.15, 0.2) is 12.1 Å². The van der Waals surface area contributed by atoms with E-state index in [-0.39, 0.29) is 12.4 Å². The van der Waals surface area contributed by atoms with Crippen molar-refractivity contribution in [3.05, 3.63) is 28.3 Å². The Balaban J connectivity index is 0.00000147. The van der Waals surface area contributed by atoms with Gasteiger partial charge in [0.1, 0.15) is 5.75 Å². The molecule has 0 aromatic heterocycles. The van der Waals surface area contributed by atoms with E-state index in [2.05, 4.69) is 11.8 Å². The SMILES string of the molecule is CC1CC(CN)CN1Cc1cc(Cl)cc2c1OCC2.Cl. The maximum atomic E-state index is 6.21. The van der Waals surface area contributed by atoms with E-state index in [1.165, 1.54) is 17.5 Å². The van der Waals surface area contributed by atoms with E-state index in [1.54, 1.807) is 0 Å². The minimum atomic E-state index is 0. The normalized spacial score (nSPS) is 25.1. The first-order valence-corrected chi connectivity index (χ1v) is 7.43. The molecular weight excluding hydrogens is 295 g/mol. The molecule has 3 nitrogen and oxygen atoms in total. The van der Waals surface area contributed by atoms with Crippen molar-refractivity contribution in [3.8, 4) is 5.75 Å². The highest BCUT2D eigenvalue weighted by Gasteiger charge is 2.29. The fourth-order valence-electron chi connectivity index (χ4n) is 3.29. The average molecular weight is 317 g/mol. The van der Waals surface area contributed by atoms with Crippen LogP contribution in [-0.2, 0) is 13.0 Å². The second kappa shape index (κ2) is 6.52. The number of benzene rings is 1. The van der Waals surface area contributed by atoms with Crippen LogP contribution in [0.25, 0.3) is 0 Å². The van der Waals surface area contributed by atoms with Gasteiger partial charge in [0, 0.05) is 36.1 Å². The third kappa shape index (κ3) is 3.06. The zero-order valence-corrected chi connectivity index (χ0v) is 13.3. The maximum absolute atomic E-state index is 6.21. The molecule has 0 saturated carbocycles. The number of hydrogen-bond donors (Lipinski definition) is 1. The lowest BCUT2D eigenvalue weighted by molar-refractivity contribution is 0.250. The molecule has 2 atom stereocenters. The van der Waals surface area contributed by atoms with Crippen LogP contribution < -0.4 is 10.5 Å². The summed E-state index contributed by atoms with van der Waals surface area (Å²) in [6.07, 6.45) is 2.17. The minimum absolute atomic E-state index is 0. The van der Waals surface area contributed by atoms with Gasteiger partial charge in [0.05, 0.1) is 6.61 Å². The summed E-state index contributed by atoms with van der Waals surface area (Å²) in [5, 5.41) is 0.821. The Morgan fingerprint density at radius 1 is 1.45 bits per heavy atom. The fourth-order valence-corrected chi connectivity index (χ4v) is 3.55. The number of likely N-dealkylation sites (tertiary alicyclic amines) is 1. The largest absolute Gasteiger partial charge is 0.493 e. The topological polar surface area (TPSA) is 38.5 Å². The summed E-state index contributed by atoms with van der Waals surface area (Å²) in [6, 6.07) is 4.67. The van der Waals surface area contributed by atoms with Gasteiger partial charge in [-0.3, -0.25) is 4.90 Å². The lowest BCUT2D eigenvalue weighted by Gasteiger charge is -2.22. The Morgan fingerprint density at radius 2 is 2.25 bits per heavy atom. The van der Waals surface area contributed by atoms with Crippen molar-refractivity contribution >= 4 is 24.0 Å². The lowest BCUT2D eigenvalue weighted by atomic mass is 10.1. The van der Waals surface area contributed by atoms with Crippen molar-refractivity contribution in [1.82, 2.24) is 4.90 Å². The first kappa shape index (κ1) is 15.9. The van der Waals surface area contributed by atoms with Gasteiger partial charge in [0.15, 0.2) is 0 Å². The van der Waals surface area contributed by atoms with Gasteiger partial charge in [0.25, 0.3) is 0 Å². The summed E-state index contributed by atoms with van der Waals surface area (Å²) >= 11 is 6.21. The number of hydrogen-bond acceptors (Lipinski definition) is 3. The number of halogens is 2. The molecule has 2 aliphatic heterocycles. The summed E-state index contributed by atoms with van der Waals surface area (Å²) in [4.78, 5) is 2.49. The Kier molecular flexibility index (Phi) is 5.19. The van der Waals surface area contributed by atoms with E-state index in [0.717, 1.165) is 43.4 Å². The number of fused-ring (bicyclic) bond motifs is 1. The van der Waals surface area contributed by atoms with Crippen LogP contribution in [0.1, 0.15) is 24.5 Å². The van der Waals surface area contributed by atoms with E-state index < -0.39 is 0 Å². The molecule has 0 radical (unpaired) electrons. The number of nitrogens with zero attached hydrogens (tertiary/aromatic N) is 1. The molecule has 2 unspecified atom stereocenters. The Hall–Kier alpha value is -0.480. The molecule has 1 saturated heterocycles. The van der Waals surface area contributed by atoms with Crippen LogP contribution in [0, 0.1) is 5.92 Å². The van der Waals surface area contributed by atoms with Crippen molar-refractivity contribution in [3.63, 3.8) is 0 Å². The molecule has 2 aliphatic rings. The van der Waals surface area contributed by atoms with E-state index in [4.69, 9.17) is 22.1 Å². The molecule has 1 aromatic rings. The van der Waals surface area contributed by atoms with Crippen LogP contribution >= 0.6 is 24.0 Å². The molecule has 2 N–H and O–H groups in total. The molecule has 20 heavy (non-hydrogen) atoms. The van der Waals surface area contributed by atoms with Crippen LogP contribution in [0.5, 0.6) is 5.75 Å².